The number of nitrogen functional groups attached to an aromatic ring is 1. The van der Waals surface area contributed by atoms with Crippen LogP contribution in [-0.2, 0) is 6.42 Å². The van der Waals surface area contributed by atoms with Crippen molar-refractivity contribution in [2.45, 2.75) is 13.3 Å². The van der Waals surface area contributed by atoms with Crippen LogP contribution in [0.5, 0.6) is 0 Å². The molecule has 2 rings (SSSR count). The van der Waals surface area contributed by atoms with E-state index in [2.05, 4.69) is 39.3 Å². The maximum Gasteiger partial charge on any atom is 0.233 e. The first-order valence-corrected chi connectivity index (χ1v) is 6.13. The second-order valence-corrected chi connectivity index (χ2v) is 4.39. The van der Waals surface area contributed by atoms with Crippen molar-refractivity contribution in [3.8, 4) is 0 Å². The summed E-state index contributed by atoms with van der Waals surface area (Å²) in [6.07, 6.45) is 0.984. The molecular weight excluding hydrogens is 240 g/mol. The zero-order valence-corrected chi connectivity index (χ0v) is 11.4. The van der Waals surface area contributed by atoms with E-state index in [-0.39, 0.29) is 5.95 Å². The van der Waals surface area contributed by atoms with Crippen LogP contribution in [0.4, 0.5) is 23.5 Å². The number of nitrogens with zero attached hydrogens (tertiary/aromatic N) is 4. The summed E-state index contributed by atoms with van der Waals surface area (Å²) < 4.78 is 0. The van der Waals surface area contributed by atoms with Crippen molar-refractivity contribution in [1.82, 2.24) is 15.0 Å². The Kier molecular flexibility index (Phi) is 3.79. The smallest absolute Gasteiger partial charge is 0.233 e. The van der Waals surface area contributed by atoms with Crippen molar-refractivity contribution in [2.24, 2.45) is 0 Å². The van der Waals surface area contributed by atoms with E-state index < -0.39 is 0 Å². The van der Waals surface area contributed by atoms with E-state index in [1.165, 1.54) is 5.56 Å². The Morgan fingerprint density at radius 1 is 1.21 bits per heavy atom. The van der Waals surface area contributed by atoms with Gasteiger partial charge in [-0.05, 0) is 24.1 Å². The van der Waals surface area contributed by atoms with Crippen molar-refractivity contribution in [1.29, 1.82) is 0 Å². The molecule has 6 nitrogen and oxygen atoms in total. The lowest BCUT2D eigenvalue weighted by Crippen LogP contribution is -2.15. The van der Waals surface area contributed by atoms with E-state index in [1.54, 1.807) is 4.90 Å². The third kappa shape index (κ3) is 3.31. The van der Waals surface area contributed by atoms with Gasteiger partial charge in [-0.2, -0.15) is 15.0 Å². The minimum absolute atomic E-state index is 0.202. The molecule has 1 aromatic carbocycles. The molecule has 19 heavy (non-hydrogen) atoms. The molecule has 0 radical (unpaired) electrons. The van der Waals surface area contributed by atoms with Crippen molar-refractivity contribution in [3.63, 3.8) is 0 Å². The van der Waals surface area contributed by atoms with Crippen LogP contribution >= 0.6 is 0 Å². The lowest BCUT2D eigenvalue weighted by atomic mass is 10.1. The van der Waals surface area contributed by atoms with E-state index in [9.17, 15) is 0 Å². The second kappa shape index (κ2) is 5.51. The molecule has 3 N–H and O–H groups in total. The number of hydrogen-bond donors (Lipinski definition) is 2. The summed E-state index contributed by atoms with van der Waals surface area (Å²) in [5, 5.41) is 3.15. The zero-order valence-electron chi connectivity index (χ0n) is 11.4. The summed E-state index contributed by atoms with van der Waals surface area (Å²) in [6.45, 7) is 2.12. The van der Waals surface area contributed by atoms with Gasteiger partial charge in [0.1, 0.15) is 0 Å². The number of aromatic nitrogens is 3. The molecule has 0 atom stereocenters. The summed E-state index contributed by atoms with van der Waals surface area (Å²) >= 11 is 0. The lowest BCUT2D eigenvalue weighted by Gasteiger charge is -2.12. The number of hydrogen-bond acceptors (Lipinski definition) is 6. The quantitative estimate of drug-likeness (QED) is 0.870. The summed E-state index contributed by atoms with van der Waals surface area (Å²) in [4.78, 5) is 14.2. The number of nitrogens with one attached hydrogen (secondary N) is 1. The summed E-state index contributed by atoms with van der Waals surface area (Å²) in [6, 6.07) is 8.11. The lowest BCUT2D eigenvalue weighted by molar-refractivity contribution is 0.969. The number of nitrogens with two attached hydrogens (primary N) is 1. The van der Waals surface area contributed by atoms with Gasteiger partial charge in [-0.15, -0.1) is 0 Å². The molecule has 0 aliphatic carbocycles. The fourth-order valence-electron chi connectivity index (χ4n) is 1.63. The van der Waals surface area contributed by atoms with Gasteiger partial charge in [0.15, 0.2) is 0 Å². The number of aryl methyl sites for hydroxylation is 1. The predicted molar refractivity (Wildman–Crippen MR) is 77.7 cm³/mol. The summed E-state index contributed by atoms with van der Waals surface area (Å²) in [7, 11) is 3.71. The summed E-state index contributed by atoms with van der Waals surface area (Å²) in [5.41, 5.74) is 7.87. The normalized spacial score (nSPS) is 10.3. The largest absolute Gasteiger partial charge is 0.368 e. The number of rotatable bonds is 4. The molecule has 0 saturated heterocycles. The van der Waals surface area contributed by atoms with Gasteiger partial charge in [0.05, 0.1) is 0 Å². The molecule has 0 amide bonds. The van der Waals surface area contributed by atoms with Crippen molar-refractivity contribution < 1.29 is 0 Å². The molecule has 1 heterocycles. The standard InChI is InChI=1S/C13H18N6/c1-4-9-6-5-7-10(8-9)15-12-16-11(14)17-13(18-12)19(2)3/h5-8H,4H2,1-3H3,(H3,14,15,16,17,18). The SMILES string of the molecule is CCc1cccc(Nc2nc(N)nc(N(C)C)n2)c1. The van der Waals surface area contributed by atoms with Crippen LogP contribution in [0.25, 0.3) is 0 Å². The molecule has 0 aliphatic rings. The van der Waals surface area contributed by atoms with E-state index in [4.69, 9.17) is 5.73 Å². The fourth-order valence-corrected chi connectivity index (χ4v) is 1.63. The first-order valence-electron chi connectivity index (χ1n) is 6.13. The number of benzene rings is 1. The van der Waals surface area contributed by atoms with E-state index >= 15 is 0 Å². The van der Waals surface area contributed by atoms with Crippen LogP contribution < -0.4 is 16.0 Å². The van der Waals surface area contributed by atoms with Crippen LogP contribution in [0.15, 0.2) is 24.3 Å². The Labute approximate surface area is 112 Å². The molecule has 2 aromatic rings. The Balaban J connectivity index is 2.27. The molecule has 0 saturated carbocycles. The molecule has 6 heteroatoms. The zero-order chi connectivity index (χ0) is 13.8. The highest BCUT2D eigenvalue weighted by Gasteiger charge is 2.06. The fraction of sp³-hybridized carbons (Fsp3) is 0.308. The summed E-state index contributed by atoms with van der Waals surface area (Å²) in [5.74, 6) is 1.18. The van der Waals surface area contributed by atoms with Crippen molar-refractivity contribution >= 4 is 23.5 Å². The molecule has 0 bridgehead atoms. The number of anilines is 4. The van der Waals surface area contributed by atoms with Crippen molar-refractivity contribution in [3.05, 3.63) is 29.8 Å². The van der Waals surface area contributed by atoms with Crippen LogP contribution in [-0.4, -0.2) is 29.0 Å². The van der Waals surface area contributed by atoms with Gasteiger partial charge in [-0.1, -0.05) is 19.1 Å². The van der Waals surface area contributed by atoms with Gasteiger partial charge in [0, 0.05) is 19.8 Å². The highest BCUT2D eigenvalue weighted by atomic mass is 15.3. The van der Waals surface area contributed by atoms with Gasteiger partial charge in [-0.25, -0.2) is 0 Å². The average Bonchev–Trinajstić information content (AvgIpc) is 2.38. The van der Waals surface area contributed by atoms with E-state index in [0.717, 1.165) is 12.1 Å². The first-order chi connectivity index (χ1) is 9.08. The third-order valence-corrected chi connectivity index (χ3v) is 2.63. The second-order valence-electron chi connectivity index (χ2n) is 4.39. The Morgan fingerprint density at radius 3 is 2.68 bits per heavy atom. The van der Waals surface area contributed by atoms with Gasteiger partial charge >= 0.3 is 0 Å². The maximum absolute atomic E-state index is 5.68. The molecule has 100 valence electrons. The highest BCUT2D eigenvalue weighted by molar-refractivity contribution is 5.56. The molecule has 0 spiro atoms. The van der Waals surface area contributed by atoms with Crippen LogP contribution in [0.1, 0.15) is 12.5 Å². The first kappa shape index (κ1) is 13.1. The molecule has 0 aliphatic heterocycles. The van der Waals surface area contributed by atoms with Crippen molar-refractivity contribution in [2.75, 3.05) is 30.0 Å². The monoisotopic (exact) mass is 258 g/mol. The van der Waals surface area contributed by atoms with E-state index in [1.807, 2.05) is 26.2 Å². The molecular formula is C13H18N6. The van der Waals surface area contributed by atoms with Gasteiger partial charge < -0.3 is 16.0 Å². The minimum Gasteiger partial charge on any atom is -0.368 e. The molecule has 0 unspecified atom stereocenters. The average molecular weight is 258 g/mol. The van der Waals surface area contributed by atoms with Gasteiger partial charge in [0.2, 0.25) is 17.8 Å². The van der Waals surface area contributed by atoms with Gasteiger partial charge in [0.25, 0.3) is 0 Å². The topological polar surface area (TPSA) is 80.0 Å². The molecule has 0 fully saturated rings. The van der Waals surface area contributed by atoms with Crippen LogP contribution in [0.2, 0.25) is 0 Å². The predicted octanol–water partition coefficient (Wildman–Crippen LogP) is 1.83. The Bertz CT molecular complexity index is 567. The maximum atomic E-state index is 5.68. The Morgan fingerprint density at radius 2 is 2.00 bits per heavy atom. The van der Waals surface area contributed by atoms with Gasteiger partial charge in [-0.3, -0.25) is 0 Å². The highest BCUT2D eigenvalue weighted by Crippen LogP contribution is 2.17. The Hall–Kier alpha value is -2.37. The van der Waals surface area contributed by atoms with E-state index in [0.29, 0.717) is 11.9 Å². The third-order valence-electron chi connectivity index (χ3n) is 2.63. The van der Waals surface area contributed by atoms with Crippen LogP contribution in [0.3, 0.4) is 0 Å². The molecule has 1 aromatic heterocycles. The van der Waals surface area contributed by atoms with Crippen LogP contribution in [0, 0.1) is 0 Å². The minimum atomic E-state index is 0.202.